The van der Waals surface area contributed by atoms with E-state index in [1.807, 2.05) is 30.3 Å². The summed E-state index contributed by atoms with van der Waals surface area (Å²) < 4.78 is 48.0. The molecule has 0 saturated carbocycles. The van der Waals surface area contributed by atoms with Crippen molar-refractivity contribution in [3.63, 3.8) is 0 Å². The minimum atomic E-state index is -1.23. The van der Waals surface area contributed by atoms with Gasteiger partial charge in [-0.05, 0) is 17.2 Å². The predicted octanol–water partition coefficient (Wildman–Crippen LogP) is 4.85. The predicted molar refractivity (Wildman–Crippen MR) is 112 cm³/mol. The fourth-order valence-corrected chi connectivity index (χ4v) is 3.42. The highest BCUT2D eigenvalue weighted by atomic mass is 19.1. The van der Waals surface area contributed by atoms with Crippen molar-refractivity contribution in [3.8, 4) is 28.6 Å². The van der Waals surface area contributed by atoms with Crippen LogP contribution in [0.15, 0.2) is 67.4 Å². The van der Waals surface area contributed by atoms with Crippen LogP contribution in [0.25, 0.3) is 22.0 Å². The minimum absolute atomic E-state index is 0.0695. The highest BCUT2D eigenvalue weighted by molar-refractivity contribution is 5.89. The lowest BCUT2D eigenvalue weighted by molar-refractivity contribution is 0.389. The number of aromatic hydroxyl groups is 1. The Kier molecular flexibility index (Phi) is 5.09. The highest BCUT2D eigenvalue weighted by Gasteiger charge is 2.20. The average molecular weight is 449 g/mol. The van der Waals surface area contributed by atoms with Gasteiger partial charge in [0.1, 0.15) is 17.5 Å². The van der Waals surface area contributed by atoms with E-state index < -0.39 is 23.2 Å². The molecular weight excluding hydrogens is 435 g/mol. The number of aromatic nitrogens is 5. The average Bonchev–Trinajstić information content (AvgIpc) is 3.13. The first-order valence-electron chi connectivity index (χ1n) is 9.71. The zero-order valence-electron chi connectivity index (χ0n) is 16.8. The summed E-state index contributed by atoms with van der Waals surface area (Å²) in [7, 11) is 0. The molecule has 0 atom stereocenters. The van der Waals surface area contributed by atoms with Crippen LogP contribution in [0.5, 0.6) is 17.5 Å². The number of rotatable bonds is 5. The Hall–Kier alpha value is -4.47. The third-order valence-corrected chi connectivity index (χ3v) is 5.00. The molecule has 0 bridgehead atoms. The molecule has 3 aromatic heterocycles. The lowest BCUT2D eigenvalue weighted by atomic mass is 10.1. The van der Waals surface area contributed by atoms with Gasteiger partial charge in [0.15, 0.2) is 11.6 Å². The standard InChI is InChI=1S/C23H14F3N5O2/c24-16-7-17(25)21(18(26)8-16)33-22-20-19(27-12-28-22)11-31(23(20)32)10-13-1-3-14(4-2-13)15-5-6-29-30-9-15/h1-9,11-12,32H,10H2. The van der Waals surface area contributed by atoms with Crippen LogP contribution in [0.2, 0.25) is 0 Å². The van der Waals surface area contributed by atoms with Gasteiger partial charge in [-0.1, -0.05) is 24.3 Å². The lowest BCUT2D eigenvalue weighted by Crippen LogP contribution is -1.98. The van der Waals surface area contributed by atoms with Crippen LogP contribution in [0.4, 0.5) is 13.2 Å². The van der Waals surface area contributed by atoms with E-state index >= 15 is 0 Å². The first kappa shape index (κ1) is 20.4. The van der Waals surface area contributed by atoms with E-state index in [0.717, 1.165) is 23.0 Å². The van der Waals surface area contributed by atoms with Crippen LogP contribution in [0.1, 0.15) is 5.56 Å². The molecule has 0 spiro atoms. The van der Waals surface area contributed by atoms with E-state index in [4.69, 9.17) is 4.74 Å². The van der Waals surface area contributed by atoms with Gasteiger partial charge in [-0.2, -0.15) is 10.2 Å². The zero-order chi connectivity index (χ0) is 22.9. The molecule has 0 fully saturated rings. The van der Waals surface area contributed by atoms with Crippen LogP contribution >= 0.6 is 0 Å². The fourth-order valence-electron chi connectivity index (χ4n) is 3.42. The summed E-state index contributed by atoms with van der Waals surface area (Å²) >= 11 is 0. The Morgan fingerprint density at radius 2 is 1.67 bits per heavy atom. The van der Waals surface area contributed by atoms with Crippen molar-refractivity contribution in [2.75, 3.05) is 0 Å². The molecule has 0 saturated heterocycles. The van der Waals surface area contributed by atoms with Crippen molar-refractivity contribution in [1.82, 2.24) is 24.7 Å². The van der Waals surface area contributed by atoms with Gasteiger partial charge in [0.25, 0.3) is 0 Å². The zero-order valence-corrected chi connectivity index (χ0v) is 16.8. The van der Waals surface area contributed by atoms with E-state index in [-0.39, 0.29) is 23.7 Å². The Labute approximate surface area is 184 Å². The topological polar surface area (TPSA) is 86.0 Å². The van der Waals surface area contributed by atoms with E-state index in [1.165, 1.54) is 4.57 Å². The number of nitrogens with zero attached hydrogens (tertiary/aromatic N) is 5. The van der Waals surface area contributed by atoms with E-state index in [0.29, 0.717) is 17.6 Å². The summed E-state index contributed by atoms with van der Waals surface area (Å²) in [6, 6.07) is 10.5. The third-order valence-electron chi connectivity index (χ3n) is 5.00. The summed E-state index contributed by atoms with van der Waals surface area (Å²) in [5.41, 5.74) is 3.06. The molecule has 5 rings (SSSR count). The summed E-state index contributed by atoms with van der Waals surface area (Å²) in [5, 5.41) is 18.5. The van der Waals surface area contributed by atoms with Gasteiger partial charge in [-0.3, -0.25) is 0 Å². The molecule has 0 aliphatic heterocycles. The van der Waals surface area contributed by atoms with Crippen molar-refractivity contribution in [3.05, 3.63) is 90.4 Å². The number of hydrogen-bond acceptors (Lipinski definition) is 6. The van der Waals surface area contributed by atoms with E-state index in [1.54, 1.807) is 18.6 Å². The number of fused-ring (bicyclic) bond motifs is 1. The van der Waals surface area contributed by atoms with E-state index in [9.17, 15) is 18.3 Å². The lowest BCUT2D eigenvalue weighted by Gasteiger charge is -2.09. The minimum Gasteiger partial charge on any atom is -0.494 e. The first-order valence-corrected chi connectivity index (χ1v) is 9.71. The number of benzene rings is 2. The molecule has 164 valence electrons. The molecule has 0 aliphatic carbocycles. The smallest absolute Gasteiger partial charge is 0.236 e. The number of halogens is 3. The molecule has 10 heteroatoms. The molecule has 0 unspecified atom stereocenters. The van der Waals surface area contributed by atoms with Gasteiger partial charge in [0, 0.05) is 23.9 Å². The van der Waals surface area contributed by atoms with Gasteiger partial charge >= 0.3 is 0 Å². The van der Waals surface area contributed by atoms with Crippen molar-refractivity contribution in [1.29, 1.82) is 0 Å². The Morgan fingerprint density at radius 3 is 2.36 bits per heavy atom. The molecule has 3 heterocycles. The molecule has 0 radical (unpaired) electrons. The summed E-state index contributed by atoms with van der Waals surface area (Å²) in [4.78, 5) is 7.98. The van der Waals surface area contributed by atoms with Crippen LogP contribution in [0.3, 0.4) is 0 Å². The largest absolute Gasteiger partial charge is 0.494 e. The number of ether oxygens (including phenoxy) is 1. The van der Waals surface area contributed by atoms with Crippen LogP contribution in [-0.4, -0.2) is 29.8 Å². The van der Waals surface area contributed by atoms with Crippen molar-refractivity contribution >= 4 is 10.9 Å². The Bertz CT molecular complexity index is 1430. The normalized spacial score (nSPS) is 11.1. The molecular formula is C23H14F3N5O2. The van der Waals surface area contributed by atoms with Gasteiger partial charge in [0.05, 0.1) is 24.5 Å². The monoisotopic (exact) mass is 449 g/mol. The van der Waals surface area contributed by atoms with Gasteiger partial charge in [0.2, 0.25) is 17.5 Å². The van der Waals surface area contributed by atoms with E-state index in [2.05, 4.69) is 20.2 Å². The maximum atomic E-state index is 14.0. The molecule has 33 heavy (non-hydrogen) atoms. The third kappa shape index (κ3) is 3.93. The number of hydrogen-bond donors (Lipinski definition) is 1. The summed E-state index contributed by atoms with van der Waals surface area (Å²) in [6.07, 6.45) is 5.97. The second-order valence-corrected chi connectivity index (χ2v) is 7.15. The second kappa shape index (κ2) is 8.23. The Morgan fingerprint density at radius 1 is 0.909 bits per heavy atom. The van der Waals surface area contributed by atoms with Crippen molar-refractivity contribution in [2.45, 2.75) is 6.54 Å². The highest BCUT2D eigenvalue weighted by Crippen LogP contribution is 2.36. The summed E-state index contributed by atoms with van der Waals surface area (Å²) in [6.45, 7) is 0.287. The van der Waals surface area contributed by atoms with Gasteiger partial charge < -0.3 is 14.4 Å². The van der Waals surface area contributed by atoms with Crippen molar-refractivity contribution < 1.29 is 23.0 Å². The van der Waals surface area contributed by atoms with Crippen LogP contribution in [0, 0.1) is 17.5 Å². The second-order valence-electron chi connectivity index (χ2n) is 7.15. The van der Waals surface area contributed by atoms with Crippen molar-refractivity contribution in [2.24, 2.45) is 0 Å². The maximum Gasteiger partial charge on any atom is 0.236 e. The SMILES string of the molecule is Oc1c2c(Oc3c(F)cc(F)cc3F)ncnc2cn1Cc1ccc(-c2ccnnc2)cc1. The molecule has 2 aromatic carbocycles. The van der Waals surface area contributed by atoms with Crippen LogP contribution in [-0.2, 0) is 6.54 Å². The molecule has 0 aliphatic rings. The van der Waals surface area contributed by atoms with Crippen LogP contribution < -0.4 is 4.74 Å². The molecule has 0 amide bonds. The molecule has 7 nitrogen and oxygen atoms in total. The molecule has 5 aromatic rings. The first-order chi connectivity index (χ1) is 16.0. The fraction of sp³-hybridized carbons (Fsp3) is 0.0435. The maximum absolute atomic E-state index is 14.0. The Balaban J connectivity index is 1.46. The van der Waals surface area contributed by atoms with Gasteiger partial charge in [-0.25, -0.2) is 23.1 Å². The summed E-state index contributed by atoms with van der Waals surface area (Å²) in [5.74, 6) is -4.88. The molecule has 1 N–H and O–H groups in total. The quantitative estimate of drug-likeness (QED) is 0.413. The van der Waals surface area contributed by atoms with Gasteiger partial charge in [-0.15, -0.1) is 0 Å².